The van der Waals surface area contributed by atoms with Crippen molar-refractivity contribution < 1.29 is 4.84 Å². The second kappa shape index (κ2) is 5.68. The zero-order valence-corrected chi connectivity index (χ0v) is 10.6. The lowest BCUT2D eigenvalue weighted by atomic mass is 10.2. The van der Waals surface area contributed by atoms with Gasteiger partial charge >= 0.3 is 0 Å². The summed E-state index contributed by atoms with van der Waals surface area (Å²) in [5.74, 6) is 0.753. The zero-order valence-electron chi connectivity index (χ0n) is 7.61. The van der Waals surface area contributed by atoms with E-state index in [4.69, 9.17) is 10.1 Å². The van der Waals surface area contributed by atoms with Crippen LogP contribution in [0.5, 0.6) is 5.75 Å². The van der Waals surface area contributed by atoms with E-state index in [0.29, 0.717) is 32.2 Å². The molecule has 2 N–H and O–H groups in total. The molecule has 1 heterocycles. The predicted molar refractivity (Wildman–Crippen MR) is 64.8 cm³/mol. The van der Waals surface area contributed by atoms with E-state index in [0.717, 1.165) is 5.75 Å². The highest BCUT2D eigenvalue weighted by molar-refractivity contribution is 7.65. The van der Waals surface area contributed by atoms with Crippen LogP contribution in [0.25, 0.3) is 0 Å². The average Bonchev–Trinajstić information content (AvgIpc) is 2.31. The molecule has 5 nitrogen and oxygen atoms in total. The van der Waals surface area contributed by atoms with Crippen molar-refractivity contribution in [2.24, 2.45) is 0 Å². The van der Waals surface area contributed by atoms with Crippen LogP contribution in [0.4, 0.5) is 0 Å². The summed E-state index contributed by atoms with van der Waals surface area (Å²) in [7, 11) is 1.55. The first-order valence-corrected chi connectivity index (χ1v) is 7.02. The molecule has 0 aliphatic carbocycles. The lowest BCUT2D eigenvalue weighted by Gasteiger charge is -2.26. The molecule has 8 heteroatoms. The molecule has 78 valence electrons. The van der Waals surface area contributed by atoms with Crippen LogP contribution in [0.2, 0.25) is 0 Å². The Morgan fingerprint density at radius 3 is 2.47 bits per heavy atom. The van der Waals surface area contributed by atoms with E-state index < -0.39 is 0 Å². The van der Waals surface area contributed by atoms with Crippen molar-refractivity contribution in [2.45, 2.75) is 0 Å². The van der Waals surface area contributed by atoms with Crippen LogP contribution < -0.4 is 14.6 Å². The third-order valence-corrected chi connectivity index (χ3v) is 4.77. The number of rotatable bonds is 2. The summed E-state index contributed by atoms with van der Waals surface area (Å²) < 4.78 is 1.83. The van der Waals surface area contributed by atoms with Crippen molar-refractivity contribution >= 4 is 26.6 Å². The molecule has 0 aromatic heterocycles. The number of nitrogens with zero attached hydrogens (tertiary/aromatic N) is 2. The Morgan fingerprint density at radius 2 is 1.87 bits per heavy atom. The van der Waals surface area contributed by atoms with Gasteiger partial charge in [0, 0.05) is 8.88 Å². The summed E-state index contributed by atoms with van der Waals surface area (Å²) >= 11 is 0. The average molecular weight is 258 g/mol. The van der Waals surface area contributed by atoms with Gasteiger partial charge in [-0.1, -0.05) is 4.60 Å². The molecule has 15 heavy (non-hydrogen) atoms. The fourth-order valence-corrected chi connectivity index (χ4v) is 4.56. The van der Waals surface area contributed by atoms with Gasteiger partial charge in [-0.05, 0) is 24.3 Å². The maximum Gasteiger partial charge on any atom is 0.148 e. The van der Waals surface area contributed by atoms with Crippen molar-refractivity contribution in [3.8, 4) is 11.8 Å². The quantitative estimate of drug-likeness (QED) is 0.793. The molecule has 0 bridgehead atoms. The van der Waals surface area contributed by atoms with E-state index in [1.807, 2.05) is 4.60 Å². The monoisotopic (exact) mass is 258 g/mol. The molecule has 1 aliphatic heterocycles. The molecule has 1 saturated heterocycles. The van der Waals surface area contributed by atoms with Gasteiger partial charge in [0.15, 0.2) is 0 Å². The minimum atomic E-state index is 0.474. The van der Waals surface area contributed by atoms with Gasteiger partial charge in [0.05, 0.1) is 29.4 Å². The second-order valence-corrected chi connectivity index (χ2v) is 6.58. The van der Waals surface area contributed by atoms with Crippen LogP contribution in [-0.4, -0.2) is 4.60 Å². The van der Waals surface area contributed by atoms with E-state index in [9.17, 15) is 0 Å². The van der Waals surface area contributed by atoms with Crippen LogP contribution in [0.1, 0.15) is 5.56 Å². The zero-order chi connectivity index (χ0) is 10.5. The van der Waals surface area contributed by atoms with Gasteiger partial charge in [-0.3, -0.25) is 9.72 Å². The number of hydrogen-bond donors (Lipinski definition) is 2. The Morgan fingerprint density at radius 1 is 1.20 bits per heavy atom. The topological polar surface area (TPSA) is 60.3 Å². The van der Waals surface area contributed by atoms with Crippen LogP contribution in [0, 0.1) is 11.3 Å². The molecule has 1 aliphatic rings. The predicted octanol–water partition coefficient (Wildman–Crippen LogP) is 1.87. The van der Waals surface area contributed by atoms with Crippen molar-refractivity contribution in [2.75, 3.05) is 0 Å². The van der Waals surface area contributed by atoms with Crippen LogP contribution in [0.3, 0.4) is 0 Å². The van der Waals surface area contributed by atoms with Crippen molar-refractivity contribution in [3.05, 3.63) is 29.8 Å². The third-order valence-electron chi connectivity index (χ3n) is 1.62. The number of hydrogen-bond acceptors (Lipinski definition) is 5. The maximum atomic E-state index is 8.63. The Hall–Kier alpha value is -0.320. The molecule has 0 spiro atoms. The highest BCUT2D eigenvalue weighted by Gasteiger charge is 2.10. The van der Waals surface area contributed by atoms with E-state index in [1.54, 1.807) is 24.3 Å². The summed E-state index contributed by atoms with van der Waals surface area (Å²) in [4.78, 5) is 11.9. The minimum Gasteiger partial charge on any atom is -0.397 e. The van der Waals surface area contributed by atoms with Crippen LogP contribution in [0.15, 0.2) is 24.3 Å². The first kappa shape index (κ1) is 11.2. The molecule has 2 atom stereocenters. The van der Waals surface area contributed by atoms with E-state index in [-0.39, 0.29) is 0 Å². The Labute approximate surface area is 93.2 Å². The van der Waals surface area contributed by atoms with Crippen molar-refractivity contribution in [1.29, 1.82) is 5.26 Å². The molecular weight excluding hydrogens is 249 g/mol. The van der Waals surface area contributed by atoms with Crippen LogP contribution >= 0.6 is 26.6 Å². The lowest BCUT2D eigenvalue weighted by molar-refractivity contribution is 0.146. The molecule has 2 unspecified atom stereocenters. The van der Waals surface area contributed by atoms with E-state index >= 15 is 0 Å². The smallest absolute Gasteiger partial charge is 0.148 e. The Bertz CT molecular complexity index is 359. The van der Waals surface area contributed by atoms with Crippen molar-refractivity contribution in [1.82, 2.24) is 14.3 Å². The third kappa shape index (κ3) is 3.33. The van der Waals surface area contributed by atoms with Gasteiger partial charge in [-0.25, -0.2) is 0 Å². The normalized spacial score (nSPS) is 21.8. The highest BCUT2D eigenvalue weighted by Crippen LogP contribution is 2.37. The molecule has 0 radical (unpaired) electrons. The number of benzene rings is 1. The van der Waals surface area contributed by atoms with Crippen LogP contribution in [-0.2, 0) is 0 Å². The summed E-state index contributed by atoms with van der Waals surface area (Å²) in [6, 6.07) is 9.15. The van der Waals surface area contributed by atoms with Gasteiger partial charge in [-0.15, -0.1) is 0 Å². The Balaban J connectivity index is 1.95. The van der Waals surface area contributed by atoms with Crippen molar-refractivity contribution in [3.63, 3.8) is 0 Å². The van der Waals surface area contributed by atoms with Gasteiger partial charge in [0.2, 0.25) is 0 Å². The summed E-state index contributed by atoms with van der Waals surface area (Å²) in [5.41, 5.74) is 0.642. The molecule has 1 aromatic carbocycles. The number of nitriles is 1. The van der Waals surface area contributed by atoms with Gasteiger partial charge in [0.25, 0.3) is 0 Å². The second-order valence-electron chi connectivity index (χ2n) is 2.62. The van der Waals surface area contributed by atoms with Gasteiger partial charge in [0.1, 0.15) is 5.75 Å². The van der Waals surface area contributed by atoms with E-state index in [2.05, 4.69) is 15.8 Å². The highest BCUT2D eigenvalue weighted by atomic mass is 31.2. The van der Waals surface area contributed by atoms with E-state index in [1.165, 1.54) is 0 Å². The molecular formula is C7H9N4OP3. The fraction of sp³-hybridized carbons (Fsp3) is 0. The Kier molecular flexibility index (Phi) is 4.23. The molecule has 1 aromatic rings. The molecule has 0 amide bonds. The lowest BCUT2D eigenvalue weighted by Crippen LogP contribution is -2.19. The maximum absolute atomic E-state index is 8.63. The first-order valence-electron chi connectivity index (χ1n) is 4.13. The molecule has 0 saturated carbocycles. The molecule has 2 rings (SSSR count). The summed E-state index contributed by atoms with van der Waals surface area (Å²) in [6.45, 7) is 0. The first-order chi connectivity index (χ1) is 7.38. The van der Waals surface area contributed by atoms with Gasteiger partial charge < -0.3 is 4.84 Å². The summed E-state index contributed by atoms with van der Waals surface area (Å²) in [5, 5.41) is 8.63. The standard InChI is InChI=1S/C7H9N4OP3/c8-5-6-1-3-7(4-2-6)12-11-14-9-13-10-15-11/h1-4,9-10,13-15H. The molecule has 1 fully saturated rings. The summed E-state index contributed by atoms with van der Waals surface area (Å²) in [6.07, 6.45) is 0. The largest absolute Gasteiger partial charge is 0.397 e. The number of nitrogens with one attached hydrogen (secondary N) is 2. The SMILES string of the molecule is N#Cc1ccc(ON2PNPNP2)cc1. The minimum absolute atomic E-state index is 0.474. The fourth-order valence-electron chi connectivity index (χ4n) is 0.958. The van der Waals surface area contributed by atoms with Gasteiger partial charge in [-0.2, -0.15) is 5.26 Å².